The van der Waals surface area contributed by atoms with Gasteiger partial charge in [-0.3, -0.25) is 9.36 Å². The SMILES string of the molecule is COc1cc(C=CC(=O)c2cccc(-n3cc(-c4cc(OC)c(OC)c(OC)c4)[nH]c3=O)c2)cc(CO)c1O. The Balaban J connectivity index is 1.64. The fourth-order valence-electron chi connectivity index (χ4n) is 4.11. The second-order valence-corrected chi connectivity index (χ2v) is 8.39. The number of carbonyl (C=O) groups is 1. The molecule has 39 heavy (non-hydrogen) atoms. The Morgan fingerprint density at radius 3 is 2.26 bits per heavy atom. The van der Waals surface area contributed by atoms with Gasteiger partial charge in [-0.25, -0.2) is 4.79 Å². The molecule has 4 rings (SSSR count). The summed E-state index contributed by atoms with van der Waals surface area (Å²) in [5.74, 6) is 1.05. The molecule has 1 aromatic heterocycles. The first-order chi connectivity index (χ1) is 18.8. The topological polar surface area (TPSA) is 132 Å². The average Bonchev–Trinajstić information content (AvgIpc) is 3.36. The van der Waals surface area contributed by atoms with E-state index < -0.39 is 5.69 Å². The molecule has 0 radical (unpaired) electrons. The lowest BCUT2D eigenvalue weighted by Gasteiger charge is -2.13. The largest absolute Gasteiger partial charge is 0.504 e. The lowest BCUT2D eigenvalue weighted by molar-refractivity contribution is 0.104. The predicted octanol–water partition coefficient (Wildman–Crippen LogP) is 3.96. The Hall–Kier alpha value is -4.96. The highest BCUT2D eigenvalue weighted by Gasteiger charge is 2.17. The highest BCUT2D eigenvalue weighted by atomic mass is 16.5. The minimum atomic E-state index is -0.397. The molecule has 0 amide bonds. The Morgan fingerprint density at radius 2 is 1.64 bits per heavy atom. The summed E-state index contributed by atoms with van der Waals surface area (Å²) in [6.45, 7) is -0.386. The zero-order chi connectivity index (χ0) is 28.1. The summed E-state index contributed by atoms with van der Waals surface area (Å²) in [6, 6.07) is 13.2. The first-order valence-corrected chi connectivity index (χ1v) is 11.8. The van der Waals surface area contributed by atoms with Gasteiger partial charge in [-0.15, -0.1) is 0 Å². The molecular weight excluding hydrogens is 504 g/mol. The van der Waals surface area contributed by atoms with E-state index in [1.807, 2.05) is 0 Å². The summed E-state index contributed by atoms with van der Waals surface area (Å²) in [5.41, 5.74) is 2.45. The molecule has 202 valence electrons. The number of ether oxygens (including phenoxy) is 4. The zero-order valence-electron chi connectivity index (χ0n) is 21.8. The van der Waals surface area contributed by atoms with Gasteiger partial charge in [0.25, 0.3) is 0 Å². The number of ketones is 1. The van der Waals surface area contributed by atoms with E-state index in [0.29, 0.717) is 45.3 Å². The summed E-state index contributed by atoms with van der Waals surface area (Å²) < 4.78 is 22.7. The average molecular weight is 533 g/mol. The molecular formula is C29H28N2O8. The van der Waals surface area contributed by atoms with Crippen LogP contribution in [0.5, 0.6) is 28.7 Å². The van der Waals surface area contributed by atoms with Gasteiger partial charge in [-0.2, -0.15) is 0 Å². The van der Waals surface area contributed by atoms with Gasteiger partial charge < -0.3 is 34.1 Å². The summed E-state index contributed by atoms with van der Waals surface area (Å²) in [7, 11) is 5.93. The Labute approximate surface area is 224 Å². The number of aliphatic hydroxyl groups is 1. The second kappa shape index (κ2) is 11.6. The van der Waals surface area contributed by atoms with Gasteiger partial charge >= 0.3 is 5.69 Å². The van der Waals surface area contributed by atoms with Crippen LogP contribution in [0.2, 0.25) is 0 Å². The van der Waals surface area contributed by atoms with Crippen molar-refractivity contribution in [2.45, 2.75) is 6.61 Å². The standard InChI is InChI=1S/C29H28N2O8/c1-36-24-11-17(10-20(16-32)27(24)34)8-9-23(33)18-6-5-7-21(12-18)31-15-22(30-29(31)35)19-13-25(37-2)28(39-4)26(14-19)38-3/h5-15,32,34H,16H2,1-4H3,(H,30,35). The molecule has 10 heteroatoms. The van der Waals surface area contributed by atoms with Crippen molar-refractivity contribution in [2.24, 2.45) is 0 Å². The molecule has 0 aliphatic carbocycles. The number of H-pyrrole nitrogens is 1. The van der Waals surface area contributed by atoms with Crippen LogP contribution in [-0.2, 0) is 6.61 Å². The molecule has 0 unspecified atom stereocenters. The molecule has 0 aliphatic heterocycles. The number of nitrogens with zero attached hydrogens (tertiary/aromatic N) is 1. The number of allylic oxidation sites excluding steroid dienone is 1. The summed E-state index contributed by atoms with van der Waals surface area (Å²) in [6.07, 6.45) is 4.55. The van der Waals surface area contributed by atoms with E-state index in [1.54, 1.807) is 60.8 Å². The van der Waals surface area contributed by atoms with Gasteiger partial charge in [0.1, 0.15) is 0 Å². The third-order valence-electron chi connectivity index (χ3n) is 6.10. The number of aromatic hydroxyl groups is 1. The molecule has 4 aromatic rings. The highest BCUT2D eigenvalue weighted by Crippen LogP contribution is 2.40. The summed E-state index contributed by atoms with van der Waals surface area (Å²) >= 11 is 0. The third kappa shape index (κ3) is 5.51. The molecule has 3 aromatic carbocycles. The van der Waals surface area contributed by atoms with E-state index in [-0.39, 0.29) is 29.5 Å². The molecule has 10 nitrogen and oxygen atoms in total. The second-order valence-electron chi connectivity index (χ2n) is 8.39. The fourth-order valence-corrected chi connectivity index (χ4v) is 4.11. The van der Waals surface area contributed by atoms with Crippen molar-refractivity contribution >= 4 is 11.9 Å². The van der Waals surface area contributed by atoms with E-state index in [4.69, 9.17) is 18.9 Å². The molecule has 1 heterocycles. The van der Waals surface area contributed by atoms with Gasteiger partial charge in [0.2, 0.25) is 5.75 Å². The van der Waals surface area contributed by atoms with Crippen molar-refractivity contribution in [2.75, 3.05) is 28.4 Å². The van der Waals surface area contributed by atoms with E-state index in [2.05, 4.69) is 4.98 Å². The lowest BCUT2D eigenvalue weighted by atomic mass is 10.1. The number of nitrogens with one attached hydrogen (secondary N) is 1. The number of hydrogen-bond acceptors (Lipinski definition) is 8. The molecule has 0 spiro atoms. The normalized spacial score (nSPS) is 11.0. The van der Waals surface area contributed by atoms with E-state index >= 15 is 0 Å². The van der Waals surface area contributed by atoms with E-state index in [1.165, 1.54) is 39.1 Å². The number of aromatic amines is 1. The number of carbonyl (C=O) groups excluding carboxylic acids is 1. The first kappa shape index (κ1) is 27.1. The molecule has 0 saturated carbocycles. The quantitative estimate of drug-likeness (QED) is 0.207. The van der Waals surface area contributed by atoms with E-state index in [9.17, 15) is 19.8 Å². The fraction of sp³-hybridized carbons (Fsp3) is 0.172. The minimum Gasteiger partial charge on any atom is -0.504 e. The van der Waals surface area contributed by atoms with Crippen LogP contribution in [0.1, 0.15) is 21.5 Å². The monoisotopic (exact) mass is 532 g/mol. The Morgan fingerprint density at radius 1 is 0.949 bits per heavy atom. The number of methoxy groups -OCH3 is 4. The third-order valence-corrected chi connectivity index (χ3v) is 6.10. The highest BCUT2D eigenvalue weighted by molar-refractivity contribution is 6.07. The molecule has 0 atom stereocenters. The number of imidazole rings is 1. The molecule has 0 bridgehead atoms. The number of rotatable bonds is 10. The van der Waals surface area contributed by atoms with Crippen LogP contribution in [0.25, 0.3) is 23.0 Å². The molecule has 0 aliphatic rings. The minimum absolute atomic E-state index is 0.154. The Kier molecular flexibility index (Phi) is 8.07. The van der Waals surface area contributed by atoms with Crippen molar-refractivity contribution < 1.29 is 34.0 Å². The van der Waals surface area contributed by atoms with Crippen LogP contribution in [-0.4, -0.2) is 54.0 Å². The predicted molar refractivity (Wildman–Crippen MR) is 145 cm³/mol. The maximum atomic E-state index is 12.9. The molecule has 0 saturated heterocycles. The van der Waals surface area contributed by atoms with Crippen molar-refractivity contribution in [1.82, 2.24) is 9.55 Å². The van der Waals surface area contributed by atoms with Gasteiger partial charge in [0.15, 0.2) is 28.8 Å². The maximum Gasteiger partial charge on any atom is 0.330 e. The van der Waals surface area contributed by atoms with Crippen LogP contribution in [0.4, 0.5) is 0 Å². The first-order valence-electron chi connectivity index (χ1n) is 11.8. The van der Waals surface area contributed by atoms with Crippen LogP contribution >= 0.6 is 0 Å². The van der Waals surface area contributed by atoms with Crippen molar-refractivity contribution in [1.29, 1.82) is 0 Å². The van der Waals surface area contributed by atoms with Crippen molar-refractivity contribution in [3.05, 3.63) is 88.0 Å². The van der Waals surface area contributed by atoms with Crippen LogP contribution in [0.15, 0.2) is 65.6 Å². The van der Waals surface area contributed by atoms with Crippen LogP contribution < -0.4 is 24.6 Å². The number of aliphatic hydroxyl groups excluding tert-OH is 1. The Bertz CT molecular complexity index is 1550. The van der Waals surface area contributed by atoms with Crippen molar-refractivity contribution in [3.63, 3.8) is 0 Å². The van der Waals surface area contributed by atoms with Crippen LogP contribution in [0, 0.1) is 0 Å². The van der Waals surface area contributed by atoms with Gasteiger partial charge in [-0.05, 0) is 48.0 Å². The van der Waals surface area contributed by atoms with Gasteiger partial charge in [0.05, 0.1) is 46.4 Å². The van der Waals surface area contributed by atoms with Gasteiger partial charge in [0, 0.05) is 22.9 Å². The maximum absolute atomic E-state index is 12.9. The molecule has 0 fully saturated rings. The van der Waals surface area contributed by atoms with Crippen LogP contribution in [0.3, 0.4) is 0 Å². The van der Waals surface area contributed by atoms with E-state index in [0.717, 1.165) is 0 Å². The smallest absolute Gasteiger partial charge is 0.330 e. The number of phenols is 1. The number of aromatic nitrogens is 2. The summed E-state index contributed by atoms with van der Waals surface area (Å²) in [5, 5.41) is 19.5. The molecule has 3 N–H and O–H groups in total. The van der Waals surface area contributed by atoms with Gasteiger partial charge in [-0.1, -0.05) is 18.2 Å². The number of benzene rings is 3. The number of hydrogen-bond donors (Lipinski definition) is 3. The summed E-state index contributed by atoms with van der Waals surface area (Å²) in [4.78, 5) is 28.6. The zero-order valence-corrected chi connectivity index (χ0v) is 21.8. The van der Waals surface area contributed by atoms with Crippen molar-refractivity contribution in [3.8, 4) is 45.7 Å². The lowest BCUT2D eigenvalue weighted by Crippen LogP contribution is -2.14.